The summed E-state index contributed by atoms with van der Waals surface area (Å²) in [5.41, 5.74) is 4.13. The van der Waals surface area contributed by atoms with Gasteiger partial charge in [0.15, 0.2) is 11.5 Å². The first-order valence-electron chi connectivity index (χ1n) is 10.8. The minimum atomic E-state index is -0.136. The van der Waals surface area contributed by atoms with Gasteiger partial charge in [-0.3, -0.25) is 14.9 Å². The summed E-state index contributed by atoms with van der Waals surface area (Å²) in [7, 11) is 1.64. The second-order valence-electron chi connectivity index (χ2n) is 8.20. The van der Waals surface area contributed by atoms with Gasteiger partial charge in [0.05, 0.1) is 18.7 Å². The highest BCUT2D eigenvalue weighted by Gasteiger charge is 2.33. The Bertz CT molecular complexity index is 1040. The number of H-pyrrole nitrogens is 1. The van der Waals surface area contributed by atoms with Crippen molar-refractivity contribution in [2.45, 2.75) is 25.2 Å². The molecule has 7 heteroatoms. The van der Waals surface area contributed by atoms with E-state index in [0.29, 0.717) is 18.9 Å². The van der Waals surface area contributed by atoms with Crippen LogP contribution in [0.1, 0.15) is 30.0 Å². The third-order valence-corrected chi connectivity index (χ3v) is 6.35. The van der Waals surface area contributed by atoms with E-state index in [1.54, 1.807) is 13.3 Å². The lowest BCUT2D eigenvalue weighted by Crippen LogP contribution is -2.44. The van der Waals surface area contributed by atoms with Gasteiger partial charge in [-0.2, -0.15) is 5.10 Å². The SMILES string of the molecule is COc1cccc2c1OC[C@@H](C(=O)N1CCC(c3ccc(-c4ccn[nH]4)cn3)CC1)C2. The summed E-state index contributed by atoms with van der Waals surface area (Å²) in [6.07, 6.45) is 6.19. The third-order valence-electron chi connectivity index (χ3n) is 6.35. The molecular formula is C24H26N4O3. The molecule has 2 aromatic heterocycles. The molecule has 1 atom stereocenters. The lowest BCUT2D eigenvalue weighted by atomic mass is 9.90. The largest absolute Gasteiger partial charge is 0.493 e. The summed E-state index contributed by atoms with van der Waals surface area (Å²) < 4.78 is 11.3. The fourth-order valence-electron chi connectivity index (χ4n) is 4.59. The molecule has 0 spiro atoms. The number of amides is 1. The number of benzene rings is 1. The molecule has 0 bridgehead atoms. The van der Waals surface area contributed by atoms with Crippen LogP contribution in [0, 0.1) is 5.92 Å². The van der Waals surface area contributed by atoms with Crippen LogP contribution >= 0.6 is 0 Å². The molecule has 31 heavy (non-hydrogen) atoms. The van der Waals surface area contributed by atoms with E-state index in [4.69, 9.17) is 9.47 Å². The average molecular weight is 418 g/mol. The molecule has 1 saturated heterocycles. The number of nitrogens with zero attached hydrogens (tertiary/aromatic N) is 3. The van der Waals surface area contributed by atoms with Gasteiger partial charge in [-0.05, 0) is 49.1 Å². The molecule has 1 amide bonds. The fourth-order valence-corrected chi connectivity index (χ4v) is 4.59. The normalized spacial score (nSPS) is 18.9. The Morgan fingerprint density at radius 3 is 2.77 bits per heavy atom. The maximum atomic E-state index is 13.1. The highest BCUT2D eigenvalue weighted by molar-refractivity contribution is 5.80. The minimum absolute atomic E-state index is 0.136. The number of carbonyl (C=O) groups is 1. The highest BCUT2D eigenvalue weighted by Crippen LogP contribution is 2.37. The van der Waals surface area contributed by atoms with Crippen molar-refractivity contribution in [2.24, 2.45) is 5.92 Å². The van der Waals surface area contributed by atoms with E-state index in [1.807, 2.05) is 35.4 Å². The van der Waals surface area contributed by atoms with E-state index in [9.17, 15) is 4.79 Å². The van der Waals surface area contributed by atoms with Gasteiger partial charge < -0.3 is 14.4 Å². The van der Waals surface area contributed by atoms with Gasteiger partial charge in [0.25, 0.3) is 0 Å². The maximum Gasteiger partial charge on any atom is 0.229 e. The predicted octanol–water partition coefficient (Wildman–Crippen LogP) is 3.44. The topological polar surface area (TPSA) is 80.3 Å². The average Bonchev–Trinajstić information content (AvgIpc) is 3.38. The first-order chi connectivity index (χ1) is 15.2. The third kappa shape index (κ3) is 3.87. The monoisotopic (exact) mass is 418 g/mol. The summed E-state index contributed by atoms with van der Waals surface area (Å²) in [6, 6.07) is 12.0. The molecule has 0 radical (unpaired) electrons. The molecule has 1 N–H and O–H groups in total. The Balaban J connectivity index is 1.19. The Kier molecular flexibility index (Phi) is 5.32. The van der Waals surface area contributed by atoms with Gasteiger partial charge >= 0.3 is 0 Å². The van der Waals surface area contributed by atoms with Crippen LogP contribution in [-0.4, -0.2) is 52.8 Å². The first kappa shape index (κ1) is 19.6. The van der Waals surface area contributed by atoms with Gasteiger partial charge in [0, 0.05) is 42.7 Å². The van der Waals surface area contributed by atoms with Crippen molar-refractivity contribution in [1.82, 2.24) is 20.1 Å². The minimum Gasteiger partial charge on any atom is -0.493 e. The second kappa shape index (κ2) is 8.41. The molecule has 2 aliphatic heterocycles. The zero-order valence-corrected chi connectivity index (χ0v) is 17.6. The van der Waals surface area contributed by atoms with Gasteiger partial charge in [-0.15, -0.1) is 0 Å². The van der Waals surface area contributed by atoms with Crippen molar-refractivity contribution in [3.8, 4) is 22.8 Å². The van der Waals surface area contributed by atoms with Crippen molar-refractivity contribution in [3.05, 3.63) is 60.0 Å². The van der Waals surface area contributed by atoms with E-state index >= 15 is 0 Å². The number of nitrogens with one attached hydrogen (secondary N) is 1. The van der Waals surface area contributed by atoms with Crippen LogP contribution in [-0.2, 0) is 11.2 Å². The molecule has 7 nitrogen and oxygen atoms in total. The smallest absolute Gasteiger partial charge is 0.229 e. The summed E-state index contributed by atoms with van der Waals surface area (Å²) in [6.45, 7) is 1.92. The Morgan fingerprint density at radius 2 is 2.06 bits per heavy atom. The van der Waals surface area contributed by atoms with Crippen LogP contribution in [0.4, 0.5) is 0 Å². The van der Waals surface area contributed by atoms with E-state index in [2.05, 4.69) is 27.3 Å². The number of carbonyl (C=O) groups excluding carboxylic acids is 1. The summed E-state index contributed by atoms with van der Waals surface area (Å²) in [5.74, 6) is 1.94. The number of piperidine rings is 1. The molecule has 0 saturated carbocycles. The molecule has 1 aromatic carbocycles. The number of methoxy groups -OCH3 is 1. The van der Waals surface area contributed by atoms with Gasteiger partial charge in [0.2, 0.25) is 5.91 Å². The highest BCUT2D eigenvalue weighted by atomic mass is 16.5. The van der Waals surface area contributed by atoms with Crippen molar-refractivity contribution in [3.63, 3.8) is 0 Å². The molecular weight excluding hydrogens is 392 g/mol. The lowest BCUT2D eigenvalue weighted by molar-refractivity contribution is -0.138. The van der Waals surface area contributed by atoms with Crippen molar-refractivity contribution >= 4 is 5.91 Å². The molecule has 160 valence electrons. The summed E-state index contributed by atoms with van der Waals surface area (Å²) in [5, 5.41) is 6.95. The van der Waals surface area contributed by atoms with E-state index in [1.165, 1.54) is 0 Å². The number of aromatic amines is 1. The lowest BCUT2D eigenvalue weighted by Gasteiger charge is -2.35. The number of likely N-dealkylation sites (tertiary alicyclic amines) is 1. The number of hydrogen-bond acceptors (Lipinski definition) is 5. The Hall–Kier alpha value is -3.35. The Morgan fingerprint density at radius 1 is 1.19 bits per heavy atom. The van der Waals surface area contributed by atoms with E-state index in [-0.39, 0.29) is 11.8 Å². The van der Waals surface area contributed by atoms with Gasteiger partial charge in [-0.25, -0.2) is 0 Å². The predicted molar refractivity (Wildman–Crippen MR) is 116 cm³/mol. The standard InChI is InChI=1S/C24H26N4O3/c1-30-22-4-2-3-17-13-19(15-31-23(17)22)24(29)28-11-8-16(9-12-28)20-6-5-18(14-25-20)21-7-10-26-27-21/h2-7,10,14,16,19H,8-9,11-13,15H2,1H3,(H,26,27)/t19-/m0/s1. The van der Waals surface area contributed by atoms with Crippen LogP contribution in [0.5, 0.6) is 11.5 Å². The number of aromatic nitrogens is 3. The molecule has 2 aliphatic rings. The van der Waals surface area contributed by atoms with E-state index in [0.717, 1.165) is 59.9 Å². The quantitative estimate of drug-likeness (QED) is 0.702. The van der Waals surface area contributed by atoms with E-state index < -0.39 is 0 Å². The number of fused-ring (bicyclic) bond motifs is 1. The number of para-hydroxylation sites is 1. The fraction of sp³-hybridized carbons (Fsp3) is 0.375. The van der Waals surface area contributed by atoms with Gasteiger partial charge in [0.1, 0.15) is 6.61 Å². The number of pyridine rings is 1. The van der Waals surface area contributed by atoms with Crippen LogP contribution < -0.4 is 9.47 Å². The van der Waals surface area contributed by atoms with Crippen molar-refractivity contribution in [2.75, 3.05) is 26.8 Å². The molecule has 3 aromatic rings. The van der Waals surface area contributed by atoms with Crippen LogP contribution in [0.25, 0.3) is 11.3 Å². The summed E-state index contributed by atoms with van der Waals surface area (Å²) >= 11 is 0. The number of rotatable bonds is 4. The molecule has 0 unspecified atom stereocenters. The summed E-state index contributed by atoms with van der Waals surface area (Å²) in [4.78, 5) is 19.8. The van der Waals surface area contributed by atoms with Crippen LogP contribution in [0.15, 0.2) is 48.8 Å². The zero-order valence-electron chi connectivity index (χ0n) is 17.6. The maximum absolute atomic E-state index is 13.1. The molecule has 4 heterocycles. The zero-order chi connectivity index (χ0) is 21.2. The number of ether oxygens (including phenoxy) is 2. The molecule has 1 fully saturated rings. The second-order valence-corrected chi connectivity index (χ2v) is 8.20. The van der Waals surface area contributed by atoms with Crippen molar-refractivity contribution in [1.29, 1.82) is 0 Å². The Labute approximate surface area is 181 Å². The van der Waals surface area contributed by atoms with Crippen LogP contribution in [0.2, 0.25) is 0 Å². The first-order valence-corrected chi connectivity index (χ1v) is 10.8. The number of hydrogen-bond donors (Lipinski definition) is 1. The molecule has 5 rings (SSSR count). The molecule has 0 aliphatic carbocycles. The van der Waals surface area contributed by atoms with Gasteiger partial charge in [-0.1, -0.05) is 12.1 Å². The van der Waals surface area contributed by atoms with Crippen molar-refractivity contribution < 1.29 is 14.3 Å². The van der Waals surface area contributed by atoms with Crippen LogP contribution in [0.3, 0.4) is 0 Å².